The fourth-order valence-electron chi connectivity index (χ4n) is 1.12. The standard InChI is InChI=1S/C8H9N3OS/c12-8-10-2-5-11(8)4-1-7-9-3-6-13-7/h2-3,5-6H,1,4H2,(H,10,12). The van der Waals surface area contributed by atoms with Crippen LogP contribution in [0, 0.1) is 0 Å². The number of thiazole rings is 1. The van der Waals surface area contributed by atoms with E-state index in [9.17, 15) is 4.79 Å². The lowest BCUT2D eigenvalue weighted by Gasteiger charge is -1.96. The van der Waals surface area contributed by atoms with Crippen LogP contribution in [0.5, 0.6) is 0 Å². The summed E-state index contributed by atoms with van der Waals surface area (Å²) < 4.78 is 1.64. The van der Waals surface area contributed by atoms with Crippen LogP contribution < -0.4 is 5.69 Å². The average molecular weight is 195 g/mol. The van der Waals surface area contributed by atoms with Crippen molar-refractivity contribution in [2.24, 2.45) is 0 Å². The van der Waals surface area contributed by atoms with E-state index in [4.69, 9.17) is 0 Å². The minimum absolute atomic E-state index is 0.0587. The largest absolute Gasteiger partial charge is 0.325 e. The fraction of sp³-hybridized carbons (Fsp3) is 0.250. The zero-order chi connectivity index (χ0) is 9.10. The molecule has 0 saturated heterocycles. The second-order valence-corrected chi connectivity index (χ2v) is 3.61. The van der Waals surface area contributed by atoms with Gasteiger partial charge in [0.05, 0.1) is 5.01 Å². The van der Waals surface area contributed by atoms with Crippen molar-refractivity contribution in [3.8, 4) is 0 Å². The van der Waals surface area contributed by atoms with Crippen LogP contribution in [-0.2, 0) is 13.0 Å². The summed E-state index contributed by atoms with van der Waals surface area (Å²) in [5.74, 6) is 0. The Bertz CT molecular complexity index is 415. The van der Waals surface area contributed by atoms with Crippen LogP contribution in [-0.4, -0.2) is 14.5 Å². The predicted molar refractivity (Wildman–Crippen MR) is 50.9 cm³/mol. The van der Waals surface area contributed by atoms with E-state index in [-0.39, 0.29) is 5.69 Å². The molecule has 4 nitrogen and oxygen atoms in total. The third-order valence-electron chi connectivity index (χ3n) is 1.77. The molecule has 0 amide bonds. The maximum atomic E-state index is 11.1. The van der Waals surface area contributed by atoms with Crippen LogP contribution in [0.2, 0.25) is 0 Å². The molecule has 13 heavy (non-hydrogen) atoms. The first-order valence-corrected chi connectivity index (χ1v) is 4.86. The van der Waals surface area contributed by atoms with Crippen LogP contribution in [0.15, 0.2) is 28.8 Å². The number of nitrogens with zero attached hydrogens (tertiary/aromatic N) is 2. The van der Waals surface area contributed by atoms with Gasteiger partial charge in [0.2, 0.25) is 0 Å². The van der Waals surface area contributed by atoms with E-state index in [0.29, 0.717) is 6.54 Å². The molecule has 0 aliphatic heterocycles. The number of imidazole rings is 1. The van der Waals surface area contributed by atoms with Gasteiger partial charge in [-0.05, 0) is 0 Å². The molecule has 2 aromatic heterocycles. The molecule has 0 unspecified atom stereocenters. The zero-order valence-corrected chi connectivity index (χ0v) is 7.75. The maximum Gasteiger partial charge on any atom is 0.325 e. The molecule has 0 spiro atoms. The molecule has 0 saturated carbocycles. The molecule has 68 valence electrons. The number of rotatable bonds is 3. The molecule has 0 aromatic carbocycles. The Morgan fingerprint density at radius 1 is 1.62 bits per heavy atom. The van der Waals surface area contributed by atoms with Crippen molar-refractivity contribution in [3.63, 3.8) is 0 Å². The highest BCUT2D eigenvalue weighted by atomic mass is 32.1. The molecule has 2 aromatic rings. The summed E-state index contributed by atoms with van der Waals surface area (Å²) in [6.45, 7) is 0.690. The van der Waals surface area contributed by atoms with E-state index in [0.717, 1.165) is 11.4 Å². The molecular weight excluding hydrogens is 186 g/mol. The first-order valence-electron chi connectivity index (χ1n) is 3.98. The molecule has 0 radical (unpaired) electrons. The van der Waals surface area contributed by atoms with Crippen LogP contribution in [0.3, 0.4) is 0 Å². The van der Waals surface area contributed by atoms with Crippen LogP contribution in [0.4, 0.5) is 0 Å². The first-order chi connectivity index (χ1) is 6.36. The summed E-state index contributed by atoms with van der Waals surface area (Å²) in [7, 11) is 0. The van der Waals surface area contributed by atoms with Gasteiger partial charge in [0, 0.05) is 36.9 Å². The van der Waals surface area contributed by atoms with Crippen molar-refractivity contribution in [2.75, 3.05) is 0 Å². The van der Waals surface area contributed by atoms with Crippen molar-refractivity contribution in [2.45, 2.75) is 13.0 Å². The van der Waals surface area contributed by atoms with Gasteiger partial charge < -0.3 is 4.98 Å². The van der Waals surface area contributed by atoms with Gasteiger partial charge in [0.15, 0.2) is 0 Å². The third-order valence-corrected chi connectivity index (χ3v) is 2.61. The number of hydrogen-bond acceptors (Lipinski definition) is 3. The lowest BCUT2D eigenvalue weighted by Crippen LogP contribution is -2.17. The van der Waals surface area contributed by atoms with E-state index < -0.39 is 0 Å². The van der Waals surface area contributed by atoms with Gasteiger partial charge in [-0.1, -0.05) is 0 Å². The second-order valence-electron chi connectivity index (χ2n) is 2.63. The Labute approximate surface area is 78.9 Å². The molecule has 0 atom stereocenters. The SMILES string of the molecule is O=c1[nH]ccn1CCc1nccs1. The number of aromatic nitrogens is 3. The zero-order valence-electron chi connectivity index (χ0n) is 6.93. The quantitative estimate of drug-likeness (QED) is 0.790. The smallest absolute Gasteiger partial charge is 0.313 e. The van der Waals surface area contributed by atoms with Gasteiger partial charge in [0.25, 0.3) is 0 Å². The summed E-state index contributed by atoms with van der Waals surface area (Å²) in [4.78, 5) is 17.8. The number of nitrogens with one attached hydrogen (secondary N) is 1. The average Bonchev–Trinajstić information content (AvgIpc) is 2.72. The normalized spacial score (nSPS) is 10.5. The second kappa shape index (κ2) is 3.57. The highest BCUT2D eigenvalue weighted by molar-refractivity contribution is 7.09. The number of H-pyrrole nitrogens is 1. The summed E-state index contributed by atoms with van der Waals surface area (Å²) in [5.41, 5.74) is -0.0587. The minimum atomic E-state index is -0.0587. The minimum Gasteiger partial charge on any atom is -0.313 e. The summed E-state index contributed by atoms with van der Waals surface area (Å²) in [6.07, 6.45) is 5.98. The van der Waals surface area contributed by atoms with E-state index in [1.807, 2.05) is 5.38 Å². The Morgan fingerprint density at radius 2 is 2.54 bits per heavy atom. The van der Waals surface area contributed by atoms with Crippen molar-refractivity contribution in [1.29, 1.82) is 0 Å². The molecule has 5 heteroatoms. The van der Waals surface area contributed by atoms with Crippen LogP contribution in [0.25, 0.3) is 0 Å². The van der Waals surface area contributed by atoms with E-state index in [2.05, 4.69) is 9.97 Å². The van der Waals surface area contributed by atoms with Crippen molar-refractivity contribution >= 4 is 11.3 Å². The maximum absolute atomic E-state index is 11.1. The monoisotopic (exact) mass is 195 g/mol. The van der Waals surface area contributed by atoms with E-state index in [1.165, 1.54) is 0 Å². The van der Waals surface area contributed by atoms with Crippen molar-refractivity contribution in [1.82, 2.24) is 14.5 Å². The van der Waals surface area contributed by atoms with E-state index >= 15 is 0 Å². The van der Waals surface area contributed by atoms with E-state index in [1.54, 1.807) is 34.5 Å². The molecule has 0 aliphatic carbocycles. The topological polar surface area (TPSA) is 50.7 Å². The molecule has 2 heterocycles. The predicted octanol–water partition coefficient (Wildman–Crippen LogP) is 0.876. The Morgan fingerprint density at radius 3 is 3.15 bits per heavy atom. The van der Waals surface area contributed by atoms with Gasteiger partial charge in [-0.15, -0.1) is 11.3 Å². The van der Waals surface area contributed by atoms with Crippen molar-refractivity contribution < 1.29 is 0 Å². The summed E-state index contributed by atoms with van der Waals surface area (Å²) >= 11 is 1.61. The molecule has 1 N–H and O–H groups in total. The van der Waals surface area contributed by atoms with Gasteiger partial charge in [0.1, 0.15) is 0 Å². The van der Waals surface area contributed by atoms with Gasteiger partial charge in [-0.2, -0.15) is 0 Å². The Kier molecular flexibility index (Phi) is 2.27. The van der Waals surface area contributed by atoms with Crippen molar-refractivity contribution in [3.05, 3.63) is 39.5 Å². The number of aryl methyl sites for hydroxylation is 2. The number of hydrogen-bond donors (Lipinski definition) is 1. The Balaban J connectivity index is 2.01. The van der Waals surface area contributed by atoms with Gasteiger partial charge >= 0.3 is 5.69 Å². The molecule has 0 aliphatic rings. The summed E-state index contributed by atoms with van der Waals surface area (Å²) in [6, 6.07) is 0. The van der Waals surface area contributed by atoms with Crippen LogP contribution >= 0.6 is 11.3 Å². The third kappa shape index (κ3) is 1.86. The molecule has 0 fully saturated rings. The van der Waals surface area contributed by atoms with Gasteiger partial charge in [-0.25, -0.2) is 9.78 Å². The van der Waals surface area contributed by atoms with Gasteiger partial charge in [-0.3, -0.25) is 4.57 Å². The number of aromatic amines is 1. The lowest BCUT2D eigenvalue weighted by atomic mass is 10.4. The molecule has 2 rings (SSSR count). The Hall–Kier alpha value is -1.36. The molecule has 0 bridgehead atoms. The first kappa shape index (κ1) is 8.25. The highest BCUT2D eigenvalue weighted by Gasteiger charge is 1.98. The fourth-order valence-corrected chi connectivity index (χ4v) is 1.73. The van der Waals surface area contributed by atoms with Crippen LogP contribution in [0.1, 0.15) is 5.01 Å². The molecular formula is C8H9N3OS. The summed E-state index contributed by atoms with van der Waals surface area (Å²) in [5, 5.41) is 3.00. The highest BCUT2D eigenvalue weighted by Crippen LogP contribution is 2.04. The lowest BCUT2D eigenvalue weighted by molar-refractivity contribution is 0.669.